The lowest BCUT2D eigenvalue weighted by molar-refractivity contribution is 0.829. The molecule has 1 unspecified atom stereocenters. The van der Waals surface area contributed by atoms with Gasteiger partial charge in [0, 0.05) is 0 Å². The molecule has 25 heavy (non-hydrogen) atoms. The second-order valence-electron chi connectivity index (χ2n) is 8.10. The van der Waals surface area contributed by atoms with Crippen molar-refractivity contribution in [1.82, 2.24) is 0 Å². The molecule has 0 saturated carbocycles. The van der Waals surface area contributed by atoms with Crippen LogP contribution in [0.15, 0.2) is 12.1 Å². The highest BCUT2D eigenvalue weighted by atomic mass is 31.0. The molecule has 0 spiro atoms. The fourth-order valence-corrected chi connectivity index (χ4v) is 4.37. The summed E-state index contributed by atoms with van der Waals surface area (Å²) in [5.41, 5.74) is 13.1. The van der Waals surface area contributed by atoms with Crippen LogP contribution in [0.25, 0.3) is 11.1 Å². The van der Waals surface area contributed by atoms with E-state index in [1.807, 2.05) is 0 Å². The van der Waals surface area contributed by atoms with E-state index in [2.05, 4.69) is 83.7 Å². The molecule has 0 saturated heterocycles. The maximum absolute atomic E-state index is 3.04. The molecule has 136 valence electrons. The molecule has 0 heterocycles. The third-order valence-corrected chi connectivity index (χ3v) is 6.65. The van der Waals surface area contributed by atoms with Gasteiger partial charge in [-0.3, -0.25) is 0 Å². The Morgan fingerprint density at radius 2 is 1.32 bits per heavy atom. The van der Waals surface area contributed by atoms with Crippen LogP contribution < -0.4 is 5.30 Å². The Balaban J connectivity index is 2.97. The lowest BCUT2D eigenvalue weighted by atomic mass is 9.81. The van der Waals surface area contributed by atoms with Gasteiger partial charge in [0.15, 0.2) is 0 Å². The zero-order valence-electron chi connectivity index (χ0n) is 17.6. The van der Waals surface area contributed by atoms with Crippen molar-refractivity contribution in [2.75, 3.05) is 0 Å². The Labute approximate surface area is 157 Å². The second kappa shape index (κ2) is 7.63. The molecule has 0 amide bonds. The first-order chi connectivity index (χ1) is 11.6. The van der Waals surface area contributed by atoms with E-state index in [0.717, 1.165) is 6.42 Å². The highest BCUT2D eigenvalue weighted by Crippen LogP contribution is 2.39. The summed E-state index contributed by atoms with van der Waals surface area (Å²) in [5, 5.41) is 1.37. The van der Waals surface area contributed by atoms with Gasteiger partial charge < -0.3 is 0 Å². The van der Waals surface area contributed by atoms with Gasteiger partial charge in [-0.25, -0.2) is 0 Å². The van der Waals surface area contributed by atoms with Gasteiger partial charge in [0.2, 0.25) is 0 Å². The van der Waals surface area contributed by atoms with Crippen molar-refractivity contribution in [2.24, 2.45) is 0 Å². The Morgan fingerprint density at radius 3 is 1.80 bits per heavy atom. The Morgan fingerprint density at radius 1 is 0.760 bits per heavy atom. The molecule has 2 rings (SSSR count). The first-order valence-electron chi connectivity index (χ1n) is 9.64. The number of hydrogen-bond acceptors (Lipinski definition) is 0. The van der Waals surface area contributed by atoms with Crippen LogP contribution in [0, 0.1) is 27.7 Å². The van der Waals surface area contributed by atoms with Gasteiger partial charge in [-0.1, -0.05) is 46.8 Å². The van der Waals surface area contributed by atoms with Gasteiger partial charge in [-0.15, -0.1) is 9.24 Å². The van der Waals surface area contributed by atoms with Crippen LogP contribution >= 0.6 is 9.24 Å². The molecule has 0 aromatic heterocycles. The molecular formula is C24H35P. The number of hydrogen-bond donors (Lipinski definition) is 0. The van der Waals surface area contributed by atoms with Gasteiger partial charge in [-0.2, -0.15) is 0 Å². The fraction of sp³-hybridized carbons (Fsp3) is 0.500. The molecule has 0 aliphatic carbocycles. The van der Waals surface area contributed by atoms with Crippen molar-refractivity contribution in [3.05, 3.63) is 51.1 Å². The minimum atomic E-state index is 0.518. The highest BCUT2D eigenvalue weighted by Gasteiger charge is 2.21. The fourth-order valence-electron chi connectivity index (χ4n) is 3.79. The summed E-state index contributed by atoms with van der Waals surface area (Å²) in [5.74, 6) is 1.08. The second-order valence-corrected chi connectivity index (χ2v) is 8.67. The van der Waals surface area contributed by atoms with E-state index < -0.39 is 0 Å². The normalized spacial score (nSPS) is 11.7. The summed E-state index contributed by atoms with van der Waals surface area (Å²) < 4.78 is 0. The van der Waals surface area contributed by atoms with Crippen molar-refractivity contribution in [2.45, 2.75) is 80.6 Å². The summed E-state index contributed by atoms with van der Waals surface area (Å²) in [6.45, 7) is 20.6. The van der Waals surface area contributed by atoms with E-state index in [1.54, 1.807) is 0 Å². The van der Waals surface area contributed by atoms with Crippen molar-refractivity contribution in [1.29, 1.82) is 0 Å². The molecule has 1 heteroatoms. The maximum Gasteiger partial charge on any atom is -0.00718 e. The van der Waals surface area contributed by atoms with E-state index in [9.17, 15) is 0 Å². The molecule has 2 aromatic carbocycles. The van der Waals surface area contributed by atoms with E-state index >= 15 is 0 Å². The van der Waals surface area contributed by atoms with Crippen LogP contribution in [0.2, 0.25) is 0 Å². The zero-order valence-corrected chi connectivity index (χ0v) is 18.7. The first kappa shape index (κ1) is 20.2. The van der Waals surface area contributed by atoms with Crippen molar-refractivity contribution in [3.63, 3.8) is 0 Å². The Bertz CT molecular complexity index is 765. The van der Waals surface area contributed by atoms with Gasteiger partial charge in [-0.05, 0) is 101 Å². The SMILES string of the molecule is CCc1cc(C(C)C)cc(C(C)C)c1-c1c(C)c(C)c(C)c(C)c1P. The van der Waals surface area contributed by atoms with E-state index in [1.165, 1.54) is 55.4 Å². The number of rotatable bonds is 4. The molecule has 0 radical (unpaired) electrons. The average Bonchev–Trinajstić information content (AvgIpc) is 2.57. The first-order valence-corrected chi connectivity index (χ1v) is 10.2. The van der Waals surface area contributed by atoms with Crippen LogP contribution in [-0.2, 0) is 6.42 Å². The van der Waals surface area contributed by atoms with Crippen LogP contribution in [0.1, 0.15) is 85.4 Å². The largest absolute Gasteiger partial charge is 0.105 e. The summed E-state index contributed by atoms with van der Waals surface area (Å²) in [4.78, 5) is 0. The third kappa shape index (κ3) is 3.56. The number of aryl methyl sites for hydroxylation is 1. The maximum atomic E-state index is 3.04. The molecule has 2 aromatic rings. The lowest BCUT2D eigenvalue weighted by Crippen LogP contribution is -2.13. The Hall–Kier alpha value is -1.13. The van der Waals surface area contributed by atoms with Crippen molar-refractivity contribution in [3.8, 4) is 11.1 Å². The van der Waals surface area contributed by atoms with Gasteiger partial charge in [0.1, 0.15) is 0 Å². The predicted molar refractivity (Wildman–Crippen MR) is 118 cm³/mol. The van der Waals surface area contributed by atoms with E-state index in [-0.39, 0.29) is 0 Å². The van der Waals surface area contributed by atoms with Crippen molar-refractivity contribution >= 4 is 14.5 Å². The van der Waals surface area contributed by atoms with Crippen LogP contribution in [-0.4, -0.2) is 0 Å². The van der Waals surface area contributed by atoms with Crippen LogP contribution in [0.4, 0.5) is 0 Å². The van der Waals surface area contributed by atoms with Gasteiger partial charge in [0.05, 0.1) is 0 Å². The smallest absolute Gasteiger partial charge is 0.00718 e. The summed E-state index contributed by atoms with van der Waals surface area (Å²) in [6.07, 6.45) is 1.07. The zero-order chi connectivity index (χ0) is 19.0. The standard InChI is InChI=1S/C24H35P/c1-10-19-11-20(13(2)3)12-21(14(4)5)23(19)22-17(8)15(6)16(7)18(9)24(22)25/h11-14H,10,25H2,1-9H3. The molecule has 0 bridgehead atoms. The van der Waals surface area contributed by atoms with E-state index in [0.29, 0.717) is 11.8 Å². The third-order valence-electron chi connectivity index (χ3n) is 5.93. The topological polar surface area (TPSA) is 0 Å². The summed E-state index contributed by atoms with van der Waals surface area (Å²) >= 11 is 0. The van der Waals surface area contributed by atoms with Gasteiger partial charge >= 0.3 is 0 Å². The monoisotopic (exact) mass is 354 g/mol. The quantitative estimate of drug-likeness (QED) is 0.524. The minimum Gasteiger partial charge on any atom is -0.105 e. The van der Waals surface area contributed by atoms with E-state index in [4.69, 9.17) is 0 Å². The predicted octanol–water partition coefficient (Wildman–Crippen LogP) is 6.90. The van der Waals surface area contributed by atoms with Crippen LogP contribution in [0.3, 0.4) is 0 Å². The molecule has 0 nitrogen and oxygen atoms in total. The molecule has 0 N–H and O–H groups in total. The molecule has 0 aliphatic rings. The number of benzene rings is 2. The molecule has 0 fully saturated rings. The Kier molecular flexibility index (Phi) is 6.16. The highest BCUT2D eigenvalue weighted by molar-refractivity contribution is 7.28. The molecular weight excluding hydrogens is 319 g/mol. The average molecular weight is 355 g/mol. The van der Waals surface area contributed by atoms with Crippen LogP contribution in [0.5, 0.6) is 0 Å². The lowest BCUT2D eigenvalue weighted by Gasteiger charge is -2.26. The minimum absolute atomic E-state index is 0.518. The van der Waals surface area contributed by atoms with Gasteiger partial charge in [0.25, 0.3) is 0 Å². The molecule has 0 aliphatic heterocycles. The summed E-state index contributed by atoms with van der Waals surface area (Å²) in [6, 6.07) is 4.90. The van der Waals surface area contributed by atoms with Crippen molar-refractivity contribution < 1.29 is 0 Å². The molecule has 1 atom stereocenters. The summed E-state index contributed by atoms with van der Waals surface area (Å²) in [7, 11) is 3.04.